The maximum Gasteiger partial charge on any atom is 0.121 e. The number of hydrogen-bond acceptors (Lipinski definition) is 2. The lowest BCUT2D eigenvalue weighted by atomic mass is 10.3. The summed E-state index contributed by atoms with van der Waals surface area (Å²) in [5, 5.41) is 0. The fraction of sp³-hybridized carbons (Fsp3) is 0.143. The summed E-state index contributed by atoms with van der Waals surface area (Å²) in [5.41, 5.74) is 6.10. The number of hydrogen-bond donors (Lipinski definition) is 1. The molecule has 0 atom stereocenters. The number of nitrogens with two attached hydrogens (primary N) is 1. The van der Waals surface area contributed by atoms with Gasteiger partial charge in [-0.05, 0) is 18.2 Å². The van der Waals surface area contributed by atoms with E-state index in [4.69, 9.17) is 10.5 Å². The minimum absolute atomic E-state index is 0.675. The molecular formula is C7H8NO. The van der Waals surface area contributed by atoms with Gasteiger partial charge in [0.2, 0.25) is 0 Å². The first-order chi connectivity index (χ1) is 4.33. The van der Waals surface area contributed by atoms with Crippen molar-refractivity contribution in [2.24, 2.45) is 0 Å². The molecule has 2 nitrogen and oxygen atoms in total. The van der Waals surface area contributed by atoms with Gasteiger partial charge in [0.05, 0.1) is 7.11 Å². The highest BCUT2D eigenvalue weighted by molar-refractivity contribution is 5.42. The molecule has 2 N–H and O–H groups in total. The second-order valence-corrected chi connectivity index (χ2v) is 1.71. The van der Waals surface area contributed by atoms with Crippen LogP contribution in [0.4, 0.5) is 5.69 Å². The average Bonchev–Trinajstić information content (AvgIpc) is 1.88. The van der Waals surface area contributed by atoms with Gasteiger partial charge >= 0.3 is 0 Å². The van der Waals surface area contributed by atoms with Crippen LogP contribution in [0.3, 0.4) is 0 Å². The third-order valence-corrected chi connectivity index (χ3v) is 1.02. The second kappa shape index (κ2) is 2.40. The molecule has 0 spiro atoms. The lowest BCUT2D eigenvalue weighted by Gasteiger charge is -1.97. The maximum atomic E-state index is 5.42. The van der Waals surface area contributed by atoms with Crippen molar-refractivity contribution in [3.63, 3.8) is 0 Å². The summed E-state index contributed by atoms with van der Waals surface area (Å²) >= 11 is 0. The van der Waals surface area contributed by atoms with Crippen LogP contribution < -0.4 is 10.5 Å². The molecule has 0 heterocycles. The van der Waals surface area contributed by atoms with E-state index in [2.05, 4.69) is 6.07 Å². The molecule has 1 aromatic rings. The number of nitrogen functional groups attached to an aromatic ring is 1. The Labute approximate surface area is 54.2 Å². The van der Waals surface area contributed by atoms with E-state index in [1.165, 1.54) is 0 Å². The molecule has 1 radical (unpaired) electrons. The summed E-state index contributed by atoms with van der Waals surface area (Å²) < 4.78 is 4.88. The van der Waals surface area contributed by atoms with E-state index >= 15 is 0 Å². The molecule has 0 saturated carbocycles. The van der Waals surface area contributed by atoms with Crippen LogP contribution in [0.1, 0.15) is 0 Å². The van der Waals surface area contributed by atoms with Gasteiger partial charge in [-0.3, -0.25) is 0 Å². The summed E-state index contributed by atoms with van der Waals surface area (Å²) in [6.07, 6.45) is 0. The smallest absolute Gasteiger partial charge is 0.121 e. The number of ether oxygens (including phenoxy) is 1. The van der Waals surface area contributed by atoms with Gasteiger partial charge in [0.15, 0.2) is 0 Å². The van der Waals surface area contributed by atoms with Gasteiger partial charge in [-0.2, -0.15) is 0 Å². The zero-order valence-electron chi connectivity index (χ0n) is 5.22. The Balaban J connectivity index is 2.94. The van der Waals surface area contributed by atoms with Crippen LogP contribution >= 0.6 is 0 Å². The highest BCUT2D eigenvalue weighted by atomic mass is 16.5. The monoisotopic (exact) mass is 122 g/mol. The van der Waals surface area contributed by atoms with E-state index in [0.717, 1.165) is 5.75 Å². The van der Waals surface area contributed by atoms with Crippen molar-refractivity contribution >= 4 is 5.69 Å². The molecule has 2 heteroatoms. The van der Waals surface area contributed by atoms with E-state index in [-0.39, 0.29) is 0 Å². The molecule has 0 aliphatic carbocycles. The predicted octanol–water partition coefficient (Wildman–Crippen LogP) is 1.08. The van der Waals surface area contributed by atoms with E-state index in [1.54, 1.807) is 25.3 Å². The number of anilines is 1. The van der Waals surface area contributed by atoms with Gasteiger partial charge in [-0.25, -0.2) is 0 Å². The number of rotatable bonds is 1. The molecule has 9 heavy (non-hydrogen) atoms. The van der Waals surface area contributed by atoms with E-state index in [9.17, 15) is 0 Å². The van der Waals surface area contributed by atoms with Gasteiger partial charge in [0.25, 0.3) is 0 Å². The molecule has 0 aliphatic heterocycles. The van der Waals surface area contributed by atoms with Crippen LogP contribution in [-0.4, -0.2) is 7.11 Å². The molecule has 47 valence electrons. The van der Waals surface area contributed by atoms with Crippen LogP contribution in [0.15, 0.2) is 18.2 Å². The van der Waals surface area contributed by atoms with Crippen molar-refractivity contribution in [1.82, 2.24) is 0 Å². The Morgan fingerprint density at radius 1 is 1.56 bits per heavy atom. The minimum atomic E-state index is 0.675. The highest BCUT2D eigenvalue weighted by Crippen LogP contribution is 2.12. The molecule has 0 aliphatic rings. The molecule has 0 aromatic heterocycles. The Kier molecular flexibility index (Phi) is 1.58. The van der Waals surface area contributed by atoms with Crippen molar-refractivity contribution in [3.05, 3.63) is 24.3 Å². The van der Waals surface area contributed by atoms with Gasteiger partial charge < -0.3 is 10.5 Å². The van der Waals surface area contributed by atoms with Crippen molar-refractivity contribution in [2.75, 3.05) is 12.8 Å². The summed E-state index contributed by atoms with van der Waals surface area (Å²) in [6, 6.07) is 8.01. The van der Waals surface area contributed by atoms with Crippen LogP contribution in [0.5, 0.6) is 5.75 Å². The quantitative estimate of drug-likeness (QED) is 0.565. The first-order valence-corrected chi connectivity index (χ1v) is 2.63. The SMILES string of the molecule is COc1c[c]cc(N)c1. The lowest BCUT2D eigenvalue weighted by molar-refractivity contribution is 0.415. The molecule has 0 fully saturated rings. The van der Waals surface area contributed by atoms with Crippen LogP contribution in [-0.2, 0) is 0 Å². The predicted molar refractivity (Wildman–Crippen MR) is 36.2 cm³/mol. The molecule has 1 rings (SSSR count). The molecule has 0 unspecified atom stereocenters. The van der Waals surface area contributed by atoms with Crippen LogP contribution in [0.25, 0.3) is 0 Å². The van der Waals surface area contributed by atoms with Gasteiger partial charge in [0, 0.05) is 11.8 Å². The van der Waals surface area contributed by atoms with Gasteiger partial charge in [-0.1, -0.05) is 0 Å². The standard InChI is InChI=1S/C7H8NO/c1-9-7-4-2-3-6(8)5-7/h3-5H,8H2,1H3. The fourth-order valence-electron chi connectivity index (χ4n) is 0.585. The molecular weight excluding hydrogens is 114 g/mol. The summed E-state index contributed by atoms with van der Waals surface area (Å²) in [4.78, 5) is 0. The average molecular weight is 122 g/mol. The molecule has 0 saturated heterocycles. The van der Waals surface area contributed by atoms with Crippen molar-refractivity contribution in [3.8, 4) is 5.75 Å². The number of benzene rings is 1. The largest absolute Gasteiger partial charge is 0.497 e. The summed E-state index contributed by atoms with van der Waals surface area (Å²) in [6.45, 7) is 0. The Morgan fingerprint density at radius 2 is 2.33 bits per heavy atom. The van der Waals surface area contributed by atoms with E-state index in [1.807, 2.05) is 0 Å². The molecule has 1 aromatic carbocycles. The minimum Gasteiger partial charge on any atom is -0.497 e. The number of methoxy groups -OCH3 is 1. The van der Waals surface area contributed by atoms with Crippen LogP contribution in [0, 0.1) is 6.07 Å². The van der Waals surface area contributed by atoms with E-state index < -0.39 is 0 Å². The van der Waals surface area contributed by atoms with Gasteiger partial charge in [-0.15, -0.1) is 0 Å². The molecule has 0 amide bonds. The van der Waals surface area contributed by atoms with Crippen molar-refractivity contribution in [2.45, 2.75) is 0 Å². The second-order valence-electron chi connectivity index (χ2n) is 1.71. The van der Waals surface area contributed by atoms with Gasteiger partial charge in [0.1, 0.15) is 5.75 Å². The van der Waals surface area contributed by atoms with Crippen molar-refractivity contribution in [1.29, 1.82) is 0 Å². The van der Waals surface area contributed by atoms with E-state index in [0.29, 0.717) is 5.69 Å². The maximum absolute atomic E-state index is 5.42. The van der Waals surface area contributed by atoms with Crippen LogP contribution in [0.2, 0.25) is 0 Å². The fourth-order valence-corrected chi connectivity index (χ4v) is 0.585. The zero-order valence-corrected chi connectivity index (χ0v) is 5.22. The first kappa shape index (κ1) is 5.95. The van der Waals surface area contributed by atoms with Crippen molar-refractivity contribution < 1.29 is 4.74 Å². The third-order valence-electron chi connectivity index (χ3n) is 1.02. The zero-order chi connectivity index (χ0) is 6.69. The summed E-state index contributed by atoms with van der Waals surface area (Å²) in [5.74, 6) is 0.745. The Hall–Kier alpha value is -1.18. The third kappa shape index (κ3) is 1.35. The normalized spacial score (nSPS) is 9.00. The Bertz CT molecular complexity index is 198. The summed E-state index contributed by atoms with van der Waals surface area (Å²) in [7, 11) is 1.60. The highest BCUT2D eigenvalue weighted by Gasteiger charge is 1.87. The Morgan fingerprint density at radius 3 is 2.78 bits per heavy atom. The topological polar surface area (TPSA) is 35.2 Å². The lowest BCUT2D eigenvalue weighted by Crippen LogP contribution is -1.86. The first-order valence-electron chi connectivity index (χ1n) is 2.63. The molecule has 0 bridgehead atoms.